The fraction of sp³-hybridized carbons (Fsp3) is 0.571. The molecule has 0 radical (unpaired) electrons. The zero-order chi connectivity index (χ0) is 21.1. The van der Waals surface area contributed by atoms with E-state index >= 15 is 0 Å². The summed E-state index contributed by atoms with van der Waals surface area (Å²) in [6, 6.07) is 6.71. The van der Waals surface area contributed by atoms with Gasteiger partial charge in [-0.15, -0.1) is 10.2 Å². The van der Waals surface area contributed by atoms with Crippen LogP contribution in [0.25, 0.3) is 0 Å². The van der Waals surface area contributed by atoms with Crippen LogP contribution in [-0.4, -0.2) is 46.6 Å². The highest BCUT2D eigenvalue weighted by Gasteiger charge is 2.12. The summed E-state index contributed by atoms with van der Waals surface area (Å²) in [7, 11) is 0. The fourth-order valence-electron chi connectivity index (χ4n) is 2.99. The second kappa shape index (κ2) is 12.5. The van der Waals surface area contributed by atoms with E-state index in [2.05, 4.69) is 44.2 Å². The molecule has 0 amide bonds. The number of nitrogens with one attached hydrogen (secondary N) is 2. The van der Waals surface area contributed by atoms with Gasteiger partial charge >= 0.3 is 0 Å². The van der Waals surface area contributed by atoms with Crippen LogP contribution in [0, 0.1) is 11.7 Å². The lowest BCUT2D eigenvalue weighted by molar-refractivity contribution is 0.477. The Morgan fingerprint density at radius 2 is 2.07 bits per heavy atom. The van der Waals surface area contributed by atoms with E-state index in [4.69, 9.17) is 0 Å². The minimum Gasteiger partial charge on any atom is -0.357 e. The molecule has 0 aliphatic carbocycles. The van der Waals surface area contributed by atoms with Crippen LogP contribution in [0.4, 0.5) is 4.39 Å². The van der Waals surface area contributed by atoms with Gasteiger partial charge in [-0.1, -0.05) is 37.7 Å². The zero-order valence-electron chi connectivity index (χ0n) is 17.9. The van der Waals surface area contributed by atoms with Gasteiger partial charge in [-0.3, -0.25) is 4.99 Å². The van der Waals surface area contributed by atoms with E-state index in [0.717, 1.165) is 54.9 Å². The number of thioether (sulfide) groups is 1. The molecular weight excluding hydrogens is 387 g/mol. The van der Waals surface area contributed by atoms with Crippen molar-refractivity contribution in [3.05, 3.63) is 41.5 Å². The molecule has 0 aliphatic rings. The smallest absolute Gasteiger partial charge is 0.191 e. The van der Waals surface area contributed by atoms with E-state index in [1.165, 1.54) is 6.07 Å². The van der Waals surface area contributed by atoms with Crippen LogP contribution in [0.3, 0.4) is 0 Å². The largest absolute Gasteiger partial charge is 0.357 e. The Labute approximate surface area is 177 Å². The van der Waals surface area contributed by atoms with Gasteiger partial charge in [0.15, 0.2) is 11.1 Å². The van der Waals surface area contributed by atoms with Crippen molar-refractivity contribution in [1.29, 1.82) is 0 Å². The summed E-state index contributed by atoms with van der Waals surface area (Å²) >= 11 is 1.64. The standard InChI is InChI=1S/C21H33FN6S/c1-5-23-20(25-13-11-17-8-6-9-18(22)14-17)24-12-7-10-19-26-27-21(29-4)28(19)15-16(2)3/h6,8-9,14,16H,5,7,10-13,15H2,1-4H3,(H2,23,24,25). The molecule has 1 heterocycles. The predicted octanol–water partition coefficient (Wildman–Crippen LogP) is 3.53. The summed E-state index contributed by atoms with van der Waals surface area (Å²) in [5, 5.41) is 16.2. The lowest BCUT2D eigenvalue weighted by atomic mass is 10.1. The lowest BCUT2D eigenvalue weighted by Crippen LogP contribution is -2.38. The van der Waals surface area contributed by atoms with Crippen molar-refractivity contribution in [2.45, 2.75) is 51.7 Å². The minimum absolute atomic E-state index is 0.196. The zero-order valence-corrected chi connectivity index (χ0v) is 18.7. The van der Waals surface area contributed by atoms with E-state index in [1.807, 2.05) is 19.2 Å². The first-order valence-electron chi connectivity index (χ1n) is 10.3. The molecule has 1 aromatic heterocycles. The number of halogens is 1. The number of hydrogen-bond acceptors (Lipinski definition) is 4. The molecule has 1 aromatic carbocycles. The molecule has 0 fully saturated rings. The molecule has 0 aliphatic heterocycles. The SMILES string of the molecule is CCNC(=NCCCc1nnc(SC)n1CC(C)C)NCCc1cccc(F)c1. The average molecular weight is 421 g/mol. The van der Waals surface area contributed by atoms with Crippen molar-refractivity contribution in [2.24, 2.45) is 10.9 Å². The van der Waals surface area contributed by atoms with E-state index in [1.54, 1.807) is 23.9 Å². The van der Waals surface area contributed by atoms with Gasteiger partial charge in [-0.2, -0.15) is 0 Å². The third-order valence-corrected chi connectivity index (χ3v) is 4.96. The van der Waals surface area contributed by atoms with Crippen LogP contribution < -0.4 is 10.6 Å². The molecule has 0 unspecified atom stereocenters. The number of benzene rings is 1. The Bertz CT molecular complexity index is 774. The van der Waals surface area contributed by atoms with E-state index in [0.29, 0.717) is 19.0 Å². The molecule has 2 N–H and O–H groups in total. The molecule has 0 saturated heterocycles. The minimum atomic E-state index is -0.196. The Hall–Kier alpha value is -2.09. The van der Waals surface area contributed by atoms with Crippen LogP contribution in [0.15, 0.2) is 34.4 Å². The van der Waals surface area contributed by atoms with Crippen LogP contribution in [0.5, 0.6) is 0 Å². The summed E-state index contributed by atoms with van der Waals surface area (Å²) in [5.74, 6) is 2.18. The van der Waals surface area contributed by atoms with Gasteiger partial charge in [0.2, 0.25) is 0 Å². The Balaban J connectivity index is 1.83. The fourth-order valence-corrected chi connectivity index (χ4v) is 3.51. The summed E-state index contributed by atoms with van der Waals surface area (Å²) in [5.41, 5.74) is 0.974. The topological polar surface area (TPSA) is 67.1 Å². The van der Waals surface area contributed by atoms with Gasteiger partial charge in [0.1, 0.15) is 11.6 Å². The monoisotopic (exact) mass is 420 g/mol. The maximum atomic E-state index is 13.3. The molecular formula is C21H33FN6S. The highest BCUT2D eigenvalue weighted by atomic mass is 32.2. The Kier molecular flexibility index (Phi) is 9.97. The third-order valence-electron chi connectivity index (χ3n) is 4.29. The van der Waals surface area contributed by atoms with Gasteiger partial charge in [0.05, 0.1) is 0 Å². The first-order valence-corrected chi connectivity index (χ1v) is 11.5. The molecule has 0 spiro atoms. The van der Waals surface area contributed by atoms with Crippen LogP contribution >= 0.6 is 11.8 Å². The summed E-state index contributed by atoms with van der Waals surface area (Å²) < 4.78 is 15.5. The van der Waals surface area contributed by atoms with Crippen molar-refractivity contribution in [3.8, 4) is 0 Å². The van der Waals surface area contributed by atoms with Crippen molar-refractivity contribution in [3.63, 3.8) is 0 Å². The average Bonchev–Trinajstić information content (AvgIpc) is 3.06. The Morgan fingerprint density at radius 1 is 1.24 bits per heavy atom. The second-order valence-corrected chi connectivity index (χ2v) is 8.05. The second-order valence-electron chi connectivity index (χ2n) is 7.28. The number of aromatic nitrogens is 3. The van der Waals surface area contributed by atoms with E-state index in [9.17, 15) is 4.39 Å². The van der Waals surface area contributed by atoms with Gasteiger partial charge in [-0.05, 0) is 49.6 Å². The van der Waals surface area contributed by atoms with Crippen molar-refractivity contribution >= 4 is 17.7 Å². The summed E-state index contributed by atoms with van der Waals surface area (Å²) in [4.78, 5) is 4.65. The van der Waals surface area contributed by atoms with E-state index < -0.39 is 0 Å². The first kappa shape index (κ1) is 23.2. The molecule has 0 bridgehead atoms. The quantitative estimate of drug-likeness (QED) is 0.252. The van der Waals surface area contributed by atoms with Crippen molar-refractivity contribution in [1.82, 2.24) is 25.4 Å². The Morgan fingerprint density at radius 3 is 2.76 bits per heavy atom. The molecule has 2 rings (SSSR count). The number of hydrogen-bond donors (Lipinski definition) is 2. The molecule has 8 heteroatoms. The normalized spacial score (nSPS) is 11.9. The predicted molar refractivity (Wildman–Crippen MR) is 119 cm³/mol. The highest BCUT2D eigenvalue weighted by molar-refractivity contribution is 7.98. The summed E-state index contributed by atoms with van der Waals surface area (Å²) in [6.45, 7) is 9.60. The maximum Gasteiger partial charge on any atom is 0.191 e. The maximum absolute atomic E-state index is 13.3. The number of aliphatic imine (C=N–C) groups is 1. The van der Waals surface area contributed by atoms with Crippen molar-refractivity contribution in [2.75, 3.05) is 25.9 Å². The number of guanidine groups is 1. The lowest BCUT2D eigenvalue weighted by Gasteiger charge is -2.12. The molecule has 0 atom stereocenters. The molecule has 2 aromatic rings. The van der Waals surface area contributed by atoms with Gasteiger partial charge < -0.3 is 15.2 Å². The van der Waals surface area contributed by atoms with Crippen LogP contribution in [0.1, 0.15) is 38.6 Å². The molecule has 0 saturated carbocycles. The molecule has 160 valence electrons. The van der Waals surface area contributed by atoms with Gasteiger partial charge in [0.25, 0.3) is 0 Å². The first-order chi connectivity index (χ1) is 14.0. The van der Waals surface area contributed by atoms with Gasteiger partial charge in [0, 0.05) is 32.6 Å². The third kappa shape index (κ3) is 8.04. The molecule has 6 nitrogen and oxygen atoms in total. The van der Waals surface area contributed by atoms with E-state index in [-0.39, 0.29) is 5.82 Å². The molecule has 29 heavy (non-hydrogen) atoms. The highest BCUT2D eigenvalue weighted by Crippen LogP contribution is 2.16. The number of rotatable bonds is 11. The van der Waals surface area contributed by atoms with Crippen LogP contribution in [0.2, 0.25) is 0 Å². The number of nitrogens with zero attached hydrogens (tertiary/aromatic N) is 4. The van der Waals surface area contributed by atoms with Crippen LogP contribution in [-0.2, 0) is 19.4 Å². The summed E-state index contributed by atoms with van der Waals surface area (Å²) in [6.07, 6.45) is 4.54. The van der Waals surface area contributed by atoms with Crippen molar-refractivity contribution < 1.29 is 4.39 Å². The van der Waals surface area contributed by atoms with Gasteiger partial charge in [-0.25, -0.2) is 4.39 Å². The number of aryl methyl sites for hydroxylation is 1.